The number of hydrogen-bond acceptors (Lipinski definition) is 9. The number of carbonyl (C=O) groups is 1. The molecule has 0 amide bonds. The number of halogens is 2. The van der Waals surface area contributed by atoms with Crippen LogP contribution in [0.3, 0.4) is 0 Å². The van der Waals surface area contributed by atoms with Crippen LogP contribution in [-0.4, -0.2) is 44.2 Å². The molecule has 0 saturated carbocycles. The van der Waals surface area contributed by atoms with Crippen molar-refractivity contribution < 1.29 is 28.2 Å². The van der Waals surface area contributed by atoms with Gasteiger partial charge >= 0.3 is 5.97 Å². The van der Waals surface area contributed by atoms with Crippen LogP contribution < -0.4 is 14.8 Å². The van der Waals surface area contributed by atoms with Crippen LogP contribution >= 0.6 is 15.9 Å². The van der Waals surface area contributed by atoms with Gasteiger partial charge in [-0.2, -0.15) is 0 Å². The molecular formula is C33H25BrFN5O5. The smallest absolute Gasteiger partial charge is 0.326 e. The summed E-state index contributed by atoms with van der Waals surface area (Å²) in [7, 11) is 1.60. The number of carboxylic acids is 1. The van der Waals surface area contributed by atoms with Gasteiger partial charge in [0.15, 0.2) is 11.6 Å². The first kappa shape index (κ1) is 29.7. The highest BCUT2D eigenvalue weighted by atomic mass is 79.9. The maximum Gasteiger partial charge on any atom is 0.326 e. The zero-order valence-electron chi connectivity index (χ0n) is 23.8. The van der Waals surface area contributed by atoms with Gasteiger partial charge in [0.2, 0.25) is 5.71 Å². The number of fused-ring (bicyclic) bond motifs is 1. The molecule has 0 spiro atoms. The van der Waals surface area contributed by atoms with Gasteiger partial charge in [-0.25, -0.2) is 29.1 Å². The number of benzene rings is 3. The Morgan fingerprint density at radius 1 is 0.978 bits per heavy atom. The van der Waals surface area contributed by atoms with Gasteiger partial charge in [-0.15, -0.1) is 0 Å². The SMILES string of the molecule is COc1ccccc1-c1ncc(COc2ccccc2CC(Nc2ncnc3oc(-c4ccc(F)cc4)c(Br)c23)C(=O)O)cn1. The van der Waals surface area contributed by atoms with Crippen LogP contribution in [0.1, 0.15) is 11.1 Å². The molecule has 10 nitrogen and oxygen atoms in total. The first-order chi connectivity index (χ1) is 21.9. The topological polar surface area (TPSA) is 132 Å². The molecule has 6 rings (SSSR count). The number of aliphatic carboxylic acids is 1. The second-order valence-electron chi connectivity index (χ2n) is 9.91. The molecule has 2 N–H and O–H groups in total. The van der Waals surface area contributed by atoms with Crippen molar-refractivity contribution in [1.29, 1.82) is 0 Å². The van der Waals surface area contributed by atoms with Crippen LogP contribution in [-0.2, 0) is 17.8 Å². The molecule has 45 heavy (non-hydrogen) atoms. The monoisotopic (exact) mass is 669 g/mol. The molecule has 0 bridgehead atoms. The molecule has 12 heteroatoms. The van der Waals surface area contributed by atoms with E-state index in [1.165, 1.54) is 18.5 Å². The van der Waals surface area contributed by atoms with Gasteiger partial charge in [0.25, 0.3) is 0 Å². The molecule has 0 aliphatic heterocycles. The molecule has 1 unspecified atom stereocenters. The summed E-state index contributed by atoms with van der Waals surface area (Å²) in [4.78, 5) is 29.9. The molecule has 226 valence electrons. The molecule has 0 aliphatic rings. The van der Waals surface area contributed by atoms with Gasteiger partial charge in [0.05, 0.1) is 22.5 Å². The first-order valence-corrected chi connectivity index (χ1v) is 14.5. The van der Waals surface area contributed by atoms with E-state index < -0.39 is 12.0 Å². The minimum atomic E-state index is -1.09. The Labute approximate surface area is 265 Å². The van der Waals surface area contributed by atoms with Crippen LogP contribution in [0.2, 0.25) is 0 Å². The first-order valence-electron chi connectivity index (χ1n) is 13.7. The van der Waals surface area contributed by atoms with Crippen LogP contribution in [0, 0.1) is 5.82 Å². The normalized spacial score (nSPS) is 11.7. The third-order valence-corrected chi connectivity index (χ3v) is 7.75. The van der Waals surface area contributed by atoms with E-state index in [1.807, 2.05) is 42.5 Å². The number of ether oxygens (including phenoxy) is 2. The zero-order chi connectivity index (χ0) is 31.3. The summed E-state index contributed by atoms with van der Waals surface area (Å²) in [6.07, 6.45) is 4.73. The lowest BCUT2D eigenvalue weighted by Gasteiger charge is -2.18. The molecular weight excluding hydrogens is 645 g/mol. The lowest BCUT2D eigenvalue weighted by molar-refractivity contribution is -0.137. The number of furan rings is 1. The molecule has 3 heterocycles. The van der Waals surface area contributed by atoms with Gasteiger partial charge in [0, 0.05) is 29.9 Å². The van der Waals surface area contributed by atoms with E-state index in [9.17, 15) is 14.3 Å². The Bertz CT molecular complexity index is 1970. The molecule has 0 saturated heterocycles. The van der Waals surface area contributed by atoms with Crippen molar-refractivity contribution in [3.63, 3.8) is 0 Å². The lowest BCUT2D eigenvalue weighted by atomic mass is 10.0. The number of hydrogen-bond donors (Lipinski definition) is 2. The predicted molar refractivity (Wildman–Crippen MR) is 168 cm³/mol. The second kappa shape index (κ2) is 13.1. The summed E-state index contributed by atoms with van der Waals surface area (Å²) in [5.41, 5.74) is 3.05. The molecule has 0 fully saturated rings. The van der Waals surface area contributed by atoms with Crippen LogP contribution in [0.15, 0.2) is 100 Å². The van der Waals surface area contributed by atoms with Gasteiger partial charge in [-0.3, -0.25) is 0 Å². The zero-order valence-corrected chi connectivity index (χ0v) is 25.4. The number of rotatable bonds is 11. The number of nitrogens with zero attached hydrogens (tertiary/aromatic N) is 4. The van der Waals surface area contributed by atoms with E-state index in [0.29, 0.717) is 44.1 Å². The molecule has 6 aromatic rings. The quantitative estimate of drug-likeness (QED) is 0.149. The largest absolute Gasteiger partial charge is 0.496 e. The highest BCUT2D eigenvalue weighted by Gasteiger charge is 2.25. The van der Waals surface area contributed by atoms with Crippen molar-refractivity contribution in [1.82, 2.24) is 19.9 Å². The molecule has 3 aromatic carbocycles. The maximum atomic E-state index is 13.5. The maximum absolute atomic E-state index is 13.5. The molecule has 0 aliphatic carbocycles. The average Bonchev–Trinajstić information content (AvgIpc) is 3.41. The minimum Gasteiger partial charge on any atom is -0.496 e. The average molecular weight is 670 g/mol. The van der Waals surface area contributed by atoms with Gasteiger partial charge < -0.3 is 24.3 Å². The number of anilines is 1. The fourth-order valence-electron chi connectivity index (χ4n) is 4.75. The van der Waals surface area contributed by atoms with Crippen molar-refractivity contribution in [2.24, 2.45) is 0 Å². The van der Waals surface area contributed by atoms with Crippen LogP contribution in [0.5, 0.6) is 11.5 Å². The molecule has 0 radical (unpaired) electrons. The number of carboxylic acid groups (broad SMARTS) is 1. The van der Waals surface area contributed by atoms with Crippen molar-refractivity contribution in [2.45, 2.75) is 19.1 Å². The Morgan fingerprint density at radius 3 is 2.42 bits per heavy atom. The van der Waals surface area contributed by atoms with Crippen molar-refractivity contribution in [2.75, 3.05) is 12.4 Å². The highest BCUT2D eigenvalue weighted by Crippen LogP contribution is 2.40. The fourth-order valence-corrected chi connectivity index (χ4v) is 5.42. The van der Waals surface area contributed by atoms with Gasteiger partial charge in [-0.05, 0) is 64.0 Å². The standard InChI is InChI=1S/C33H25BrFN5O5/c1-43-26-9-5-3-7-23(26)30-36-15-19(16-37-30)17-44-25-8-4-2-6-21(25)14-24(33(41)42)40-31-27-28(34)29(45-32(27)39-18-38-31)20-10-12-22(35)13-11-20/h2-13,15-16,18,24H,14,17H2,1H3,(H,41,42)(H,38,39,40). The Balaban J connectivity index is 1.20. The van der Waals surface area contributed by atoms with E-state index in [1.54, 1.807) is 37.7 Å². The number of methoxy groups -OCH3 is 1. The number of aromatic nitrogens is 4. The Hall–Kier alpha value is -5.36. The molecule has 1 atom stereocenters. The number of nitrogens with one attached hydrogen (secondary N) is 1. The van der Waals surface area contributed by atoms with Crippen LogP contribution in [0.25, 0.3) is 33.8 Å². The summed E-state index contributed by atoms with van der Waals surface area (Å²) in [6, 6.07) is 19.5. The minimum absolute atomic E-state index is 0.0839. The summed E-state index contributed by atoms with van der Waals surface area (Å²) in [5.74, 6) is 0.941. The van der Waals surface area contributed by atoms with Gasteiger partial charge in [-0.1, -0.05) is 30.3 Å². The van der Waals surface area contributed by atoms with E-state index in [-0.39, 0.29) is 30.4 Å². The van der Waals surface area contributed by atoms with Crippen molar-refractivity contribution in [3.8, 4) is 34.2 Å². The van der Waals surface area contributed by atoms with E-state index in [2.05, 4.69) is 41.2 Å². The van der Waals surface area contributed by atoms with Crippen molar-refractivity contribution >= 4 is 38.8 Å². The lowest BCUT2D eigenvalue weighted by Crippen LogP contribution is -2.32. The molecule has 3 aromatic heterocycles. The summed E-state index contributed by atoms with van der Waals surface area (Å²) in [5, 5.41) is 13.7. The number of para-hydroxylation sites is 2. The summed E-state index contributed by atoms with van der Waals surface area (Å²) >= 11 is 3.54. The summed E-state index contributed by atoms with van der Waals surface area (Å²) < 4.78 is 31.4. The van der Waals surface area contributed by atoms with Gasteiger partial charge in [0.1, 0.15) is 42.1 Å². The highest BCUT2D eigenvalue weighted by molar-refractivity contribution is 9.10. The van der Waals surface area contributed by atoms with Crippen molar-refractivity contribution in [3.05, 3.63) is 113 Å². The fraction of sp³-hybridized carbons (Fsp3) is 0.121. The third kappa shape index (κ3) is 6.46. The third-order valence-electron chi connectivity index (χ3n) is 6.99. The van der Waals surface area contributed by atoms with Crippen LogP contribution in [0.4, 0.5) is 10.2 Å². The van der Waals surface area contributed by atoms with E-state index >= 15 is 0 Å². The summed E-state index contributed by atoms with van der Waals surface area (Å²) in [6.45, 7) is 0.176. The second-order valence-corrected chi connectivity index (χ2v) is 10.7. The predicted octanol–water partition coefficient (Wildman–Crippen LogP) is 6.94. The van der Waals surface area contributed by atoms with E-state index in [0.717, 1.165) is 11.1 Å². The Kier molecular flexibility index (Phi) is 8.65. The van der Waals surface area contributed by atoms with E-state index in [4.69, 9.17) is 13.9 Å². The Morgan fingerprint density at radius 2 is 1.69 bits per heavy atom.